The summed E-state index contributed by atoms with van der Waals surface area (Å²) < 4.78 is 5.83. The van der Waals surface area contributed by atoms with Crippen LogP contribution in [-0.2, 0) is 6.42 Å². The van der Waals surface area contributed by atoms with Crippen molar-refractivity contribution in [1.29, 1.82) is 0 Å². The summed E-state index contributed by atoms with van der Waals surface area (Å²) in [6, 6.07) is 7.11. The molecule has 2 aliphatic heterocycles. The Balaban J connectivity index is 1.99. The fourth-order valence-electron chi connectivity index (χ4n) is 2.64. The summed E-state index contributed by atoms with van der Waals surface area (Å²) in [5.41, 5.74) is 2.78. The van der Waals surface area contributed by atoms with E-state index in [0.29, 0.717) is 6.04 Å². The average Bonchev–Trinajstić information content (AvgIpc) is 2.82. The minimum absolute atomic E-state index is 0.526. The van der Waals surface area contributed by atoms with E-state index < -0.39 is 0 Å². The number of para-hydroxylation sites is 1. The van der Waals surface area contributed by atoms with Gasteiger partial charge >= 0.3 is 0 Å². The van der Waals surface area contributed by atoms with Crippen molar-refractivity contribution in [3.05, 3.63) is 29.3 Å². The second-order valence-corrected chi connectivity index (χ2v) is 4.44. The maximum atomic E-state index is 5.83. The highest BCUT2D eigenvalue weighted by Gasteiger charge is 2.22. The number of nitrogens with one attached hydrogen (secondary N) is 1. The molecular formula is C13H17NO. The summed E-state index contributed by atoms with van der Waals surface area (Å²) in [6.45, 7) is 2.03. The van der Waals surface area contributed by atoms with Crippen LogP contribution in [0, 0.1) is 0 Å². The number of aryl methyl sites for hydroxylation is 1. The Morgan fingerprint density at radius 2 is 2.27 bits per heavy atom. The van der Waals surface area contributed by atoms with Gasteiger partial charge < -0.3 is 10.1 Å². The van der Waals surface area contributed by atoms with Crippen molar-refractivity contribution in [2.24, 2.45) is 0 Å². The molecule has 0 radical (unpaired) electrons. The molecule has 0 aliphatic carbocycles. The van der Waals surface area contributed by atoms with Crippen LogP contribution in [0.4, 0.5) is 0 Å². The smallest absolute Gasteiger partial charge is 0.127 e. The number of fused-ring (bicyclic) bond motifs is 1. The SMILES string of the molecule is c1cc2c(c([C@H]3CCCN3)c1)OCCC2. The summed E-state index contributed by atoms with van der Waals surface area (Å²) >= 11 is 0. The van der Waals surface area contributed by atoms with Crippen LogP contribution in [0.15, 0.2) is 18.2 Å². The fraction of sp³-hybridized carbons (Fsp3) is 0.538. The van der Waals surface area contributed by atoms with Gasteiger partial charge in [0.2, 0.25) is 0 Å². The summed E-state index contributed by atoms with van der Waals surface area (Å²) in [7, 11) is 0. The van der Waals surface area contributed by atoms with Gasteiger partial charge in [0, 0.05) is 11.6 Å². The zero-order chi connectivity index (χ0) is 10.1. The van der Waals surface area contributed by atoms with Crippen LogP contribution in [0.25, 0.3) is 0 Å². The second kappa shape index (κ2) is 3.86. The summed E-state index contributed by atoms with van der Waals surface area (Å²) in [6.07, 6.45) is 4.87. The number of benzene rings is 1. The highest BCUT2D eigenvalue weighted by atomic mass is 16.5. The van der Waals surface area contributed by atoms with Crippen LogP contribution in [0.2, 0.25) is 0 Å². The quantitative estimate of drug-likeness (QED) is 0.757. The van der Waals surface area contributed by atoms with Gasteiger partial charge in [-0.25, -0.2) is 0 Å². The molecule has 80 valence electrons. The molecule has 0 saturated carbocycles. The fourth-order valence-corrected chi connectivity index (χ4v) is 2.64. The van der Waals surface area contributed by atoms with E-state index in [1.54, 1.807) is 0 Å². The lowest BCUT2D eigenvalue weighted by atomic mass is 9.97. The minimum Gasteiger partial charge on any atom is -0.493 e. The number of rotatable bonds is 1. The standard InChI is InChI=1S/C13H17NO/c1-4-10-5-3-9-15-13(10)11(6-1)12-7-2-8-14-12/h1,4,6,12,14H,2-3,5,7-9H2/t12-/m1/s1. The first kappa shape index (κ1) is 9.22. The van der Waals surface area contributed by atoms with Crippen LogP contribution in [-0.4, -0.2) is 13.2 Å². The van der Waals surface area contributed by atoms with Crippen LogP contribution in [0.3, 0.4) is 0 Å². The van der Waals surface area contributed by atoms with Gasteiger partial charge in [-0.1, -0.05) is 18.2 Å². The molecule has 0 amide bonds. The molecule has 2 nitrogen and oxygen atoms in total. The first-order valence-corrected chi connectivity index (χ1v) is 5.93. The lowest BCUT2D eigenvalue weighted by Crippen LogP contribution is -2.17. The first-order valence-electron chi connectivity index (χ1n) is 5.93. The average molecular weight is 203 g/mol. The molecule has 2 heteroatoms. The summed E-state index contributed by atoms with van der Waals surface area (Å²) in [5, 5.41) is 3.54. The highest BCUT2D eigenvalue weighted by Crippen LogP contribution is 2.35. The van der Waals surface area contributed by atoms with Crippen molar-refractivity contribution in [3.63, 3.8) is 0 Å². The van der Waals surface area contributed by atoms with E-state index in [2.05, 4.69) is 23.5 Å². The molecule has 2 aliphatic rings. The molecular weight excluding hydrogens is 186 g/mol. The van der Waals surface area contributed by atoms with Crippen LogP contribution < -0.4 is 10.1 Å². The number of hydrogen-bond acceptors (Lipinski definition) is 2. The normalized spacial score (nSPS) is 24.7. The van der Waals surface area contributed by atoms with E-state index in [9.17, 15) is 0 Å². The Labute approximate surface area is 90.6 Å². The van der Waals surface area contributed by atoms with Gasteiger partial charge in [0.1, 0.15) is 5.75 Å². The highest BCUT2D eigenvalue weighted by molar-refractivity contribution is 5.44. The zero-order valence-corrected chi connectivity index (χ0v) is 8.96. The van der Waals surface area contributed by atoms with E-state index >= 15 is 0 Å². The van der Waals surface area contributed by atoms with Crippen molar-refractivity contribution in [2.75, 3.05) is 13.2 Å². The Bertz CT molecular complexity index is 356. The topological polar surface area (TPSA) is 21.3 Å². The second-order valence-electron chi connectivity index (χ2n) is 4.44. The van der Waals surface area contributed by atoms with E-state index in [-0.39, 0.29) is 0 Å². The zero-order valence-electron chi connectivity index (χ0n) is 8.96. The van der Waals surface area contributed by atoms with Crippen LogP contribution in [0.5, 0.6) is 5.75 Å². The molecule has 0 aromatic heterocycles. The predicted molar refractivity (Wildman–Crippen MR) is 60.2 cm³/mol. The number of hydrogen-bond donors (Lipinski definition) is 1. The van der Waals surface area contributed by atoms with E-state index in [1.807, 2.05) is 0 Å². The number of ether oxygens (including phenoxy) is 1. The molecule has 1 atom stereocenters. The van der Waals surface area contributed by atoms with Crippen molar-refractivity contribution < 1.29 is 4.74 Å². The van der Waals surface area contributed by atoms with Gasteiger partial charge in [-0.3, -0.25) is 0 Å². The molecule has 1 fully saturated rings. The molecule has 1 aromatic rings. The van der Waals surface area contributed by atoms with Crippen LogP contribution in [0.1, 0.15) is 36.4 Å². The molecule has 0 unspecified atom stereocenters. The molecule has 15 heavy (non-hydrogen) atoms. The van der Waals surface area contributed by atoms with E-state index in [1.165, 1.54) is 36.1 Å². The predicted octanol–water partition coefficient (Wildman–Crippen LogP) is 2.44. The Hall–Kier alpha value is -1.02. The van der Waals surface area contributed by atoms with Gasteiger partial charge in [0.25, 0.3) is 0 Å². The Kier molecular flexibility index (Phi) is 2.37. The molecule has 3 rings (SSSR count). The molecule has 1 saturated heterocycles. The van der Waals surface area contributed by atoms with Gasteiger partial charge in [-0.05, 0) is 37.8 Å². The first-order chi connectivity index (χ1) is 7.45. The van der Waals surface area contributed by atoms with Crippen LogP contribution >= 0.6 is 0 Å². The Morgan fingerprint density at radius 3 is 3.13 bits per heavy atom. The van der Waals surface area contributed by atoms with Gasteiger partial charge in [-0.2, -0.15) is 0 Å². The Morgan fingerprint density at radius 1 is 1.27 bits per heavy atom. The third kappa shape index (κ3) is 1.63. The molecule has 1 N–H and O–H groups in total. The van der Waals surface area contributed by atoms with E-state index in [0.717, 1.165) is 19.6 Å². The van der Waals surface area contributed by atoms with Crippen molar-refractivity contribution >= 4 is 0 Å². The monoisotopic (exact) mass is 203 g/mol. The summed E-state index contributed by atoms with van der Waals surface area (Å²) in [5.74, 6) is 1.17. The van der Waals surface area contributed by atoms with Gasteiger partial charge in [0.05, 0.1) is 6.61 Å². The third-order valence-electron chi connectivity index (χ3n) is 3.40. The van der Waals surface area contributed by atoms with Gasteiger partial charge in [0.15, 0.2) is 0 Å². The minimum atomic E-state index is 0.526. The lowest BCUT2D eigenvalue weighted by molar-refractivity contribution is 0.282. The summed E-state index contributed by atoms with van der Waals surface area (Å²) in [4.78, 5) is 0. The molecule has 0 spiro atoms. The van der Waals surface area contributed by atoms with Crippen molar-refractivity contribution in [1.82, 2.24) is 5.32 Å². The van der Waals surface area contributed by atoms with Crippen molar-refractivity contribution in [3.8, 4) is 5.75 Å². The van der Waals surface area contributed by atoms with E-state index in [4.69, 9.17) is 4.74 Å². The molecule has 1 aromatic carbocycles. The molecule has 2 heterocycles. The maximum absolute atomic E-state index is 5.83. The largest absolute Gasteiger partial charge is 0.493 e. The van der Waals surface area contributed by atoms with Gasteiger partial charge in [-0.15, -0.1) is 0 Å². The lowest BCUT2D eigenvalue weighted by Gasteiger charge is -2.23. The molecule has 0 bridgehead atoms. The van der Waals surface area contributed by atoms with Crippen molar-refractivity contribution in [2.45, 2.75) is 31.7 Å². The third-order valence-corrected chi connectivity index (χ3v) is 3.40. The maximum Gasteiger partial charge on any atom is 0.127 e.